The van der Waals surface area contributed by atoms with Gasteiger partial charge in [0.25, 0.3) is 0 Å². The van der Waals surface area contributed by atoms with Gasteiger partial charge in [-0.25, -0.2) is 4.57 Å². The van der Waals surface area contributed by atoms with Crippen molar-refractivity contribution < 1.29 is 4.57 Å². The van der Waals surface area contributed by atoms with Crippen LogP contribution in [0.15, 0.2) is 24.5 Å². The Bertz CT molecular complexity index is 422. The Balaban J connectivity index is 1.77. The molecular weight excluding hydrogens is 338 g/mol. The molecule has 0 unspecified atom stereocenters. The number of hydrogen-bond acceptors (Lipinski definition) is 0. The maximum atomic E-state index is 2.35. The zero-order valence-electron chi connectivity index (χ0n) is 19.4. The summed E-state index contributed by atoms with van der Waals surface area (Å²) >= 11 is 0. The molecule has 1 rings (SSSR count). The molecule has 0 amide bonds. The third kappa shape index (κ3) is 15.1. The highest BCUT2D eigenvalue weighted by atomic mass is 14.9. The molecule has 28 heavy (non-hydrogen) atoms. The minimum Gasteiger partial charge on any atom is -0.205 e. The van der Waals surface area contributed by atoms with Crippen molar-refractivity contribution in [3.8, 4) is 0 Å². The van der Waals surface area contributed by atoms with Gasteiger partial charge in [0.05, 0.1) is 0 Å². The first-order valence-corrected chi connectivity index (χ1v) is 12.8. The van der Waals surface area contributed by atoms with Crippen LogP contribution in [-0.2, 0) is 13.0 Å². The summed E-state index contributed by atoms with van der Waals surface area (Å²) in [6, 6.07) is 4.58. The smallest absolute Gasteiger partial charge is 0.169 e. The first-order valence-electron chi connectivity index (χ1n) is 12.8. The summed E-state index contributed by atoms with van der Waals surface area (Å²) in [7, 11) is 0. The highest BCUT2D eigenvalue weighted by molar-refractivity contribution is 5.06. The molecule has 0 saturated heterocycles. The number of rotatable bonds is 20. The summed E-state index contributed by atoms with van der Waals surface area (Å²) in [5, 5.41) is 0. The molecule has 162 valence electrons. The average molecular weight is 389 g/mol. The second-order valence-electron chi connectivity index (χ2n) is 8.85. The highest BCUT2D eigenvalue weighted by Gasteiger charge is 2.01. The molecule has 0 saturated carbocycles. The molecule has 0 aromatic carbocycles. The molecule has 0 aliphatic rings. The lowest BCUT2D eigenvalue weighted by molar-refractivity contribution is -0.697. The van der Waals surface area contributed by atoms with Crippen LogP contribution < -0.4 is 4.57 Å². The van der Waals surface area contributed by atoms with Crippen molar-refractivity contribution in [3.05, 3.63) is 30.1 Å². The molecule has 0 aliphatic carbocycles. The van der Waals surface area contributed by atoms with E-state index in [-0.39, 0.29) is 0 Å². The second kappa shape index (κ2) is 19.5. The van der Waals surface area contributed by atoms with Gasteiger partial charge >= 0.3 is 0 Å². The van der Waals surface area contributed by atoms with Gasteiger partial charge in [0, 0.05) is 18.6 Å². The predicted molar refractivity (Wildman–Crippen MR) is 125 cm³/mol. The fourth-order valence-corrected chi connectivity index (χ4v) is 4.11. The highest BCUT2D eigenvalue weighted by Crippen LogP contribution is 2.14. The molecule has 1 nitrogen and oxygen atoms in total. The van der Waals surface area contributed by atoms with Crippen molar-refractivity contribution in [2.45, 2.75) is 142 Å². The number of pyridine rings is 1. The fraction of sp³-hybridized carbons (Fsp3) is 0.815. The van der Waals surface area contributed by atoms with E-state index in [1.807, 2.05) is 0 Å². The number of aryl methyl sites for hydroxylation is 2. The van der Waals surface area contributed by atoms with Crippen LogP contribution in [0.4, 0.5) is 0 Å². The number of unbranched alkanes of at least 4 members (excludes halogenated alkanes) is 16. The van der Waals surface area contributed by atoms with Gasteiger partial charge in [0.2, 0.25) is 0 Å². The van der Waals surface area contributed by atoms with E-state index in [9.17, 15) is 0 Å². The van der Waals surface area contributed by atoms with Gasteiger partial charge in [-0.15, -0.1) is 0 Å². The Morgan fingerprint density at radius 1 is 0.500 bits per heavy atom. The van der Waals surface area contributed by atoms with Crippen molar-refractivity contribution in [2.24, 2.45) is 0 Å². The monoisotopic (exact) mass is 388 g/mol. The van der Waals surface area contributed by atoms with Crippen LogP contribution in [0.1, 0.15) is 135 Å². The number of nitrogens with zero attached hydrogens (tertiary/aromatic N) is 1. The lowest BCUT2D eigenvalue weighted by Crippen LogP contribution is -2.32. The van der Waals surface area contributed by atoms with E-state index in [2.05, 4.69) is 42.9 Å². The van der Waals surface area contributed by atoms with Crippen LogP contribution in [-0.4, -0.2) is 0 Å². The minimum absolute atomic E-state index is 1.19. The Morgan fingerprint density at radius 2 is 0.893 bits per heavy atom. The Hall–Kier alpha value is -0.850. The molecule has 1 aromatic heterocycles. The Morgan fingerprint density at radius 3 is 1.29 bits per heavy atom. The standard InChI is InChI=1S/C27H50N/c1-3-5-6-7-8-9-10-11-12-13-14-15-16-17-18-19-20-24-28-25-22-27(21-4-2)23-26-28/h22-23,25-26H,3-21,24H2,1-2H3/q+1. The van der Waals surface area contributed by atoms with E-state index >= 15 is 0 Å². The first-order chi connectivity index (χ1) is 13.9. The van der Waals surface area contributed by atoms with Crippen LogP contribution in [0.5, 0.6) is 0 Å². The molecule has 1 aromatic rings. The second-order valence-corrected chi connectivity index (χ2v) is 8.85. The summed E-state index contributed by atoms with van der Waals surface area (Å²) in [6.07, 6.45) is 31.5. The van der Waals surface area contributed by atoms with Gasteiger partial charge in [-0.05, 0) is 18.4 Å². The van der Waals surface area contributed by atoms with Crippen molar-refractivity contribution in [2.75, 3.05) is 0 Å². The normalized spacial score (nSPS) is 11.2. The zero-order valence-corrected chi connectivity index (χ0v) is 19.4. The molecule has 0 spiro atoms. The van der Waals surface area contributed by atoms with Gasteiger partial charge in [0.1, 0.15) is 6.54 Å². The SMILES string of the molecule is CCCCCCCCCCCCCCCCCCC[n+]1ccc(CCC)cc1. The molecule has 1 heteroatoms. The van der Waals surface area contributed by atoms with E-state index < -0.39 is 0 Å². The molecule has 0 fully saturated rings. The first kappa shape index (κ1) is 25.2. The van der Waals surface area contributed by atoms with Gasteiger partial charge in [-0.2, -0.15) is 0 Å². The van der Waals surface area contributed by atoms with Crippen LogP contribution in [0.25, 0.3) is 0 Å². The van der Waals surface area contributed by atoms with E-state index in [0.717, 1.165) is 0 Å². The molecule has 0 bridgehead atoms. The van der Waals surface area contributed by atoms with Gasteiger partial charge in [0.15, 0.2) is 12.4 Å². The third-order valence-corrected chi connectivity index (χ3v) is 6.02. The van der Waals surface area contributed by atoms with Crippen LogP contribution in [0, 0.1) is 0 Å². The van der Waals surface area contributed by atoms with E-state index in [1.165, 1.54) is 134 Å². The average Bonchev–Trinajstić information content (AvgIpc) is 2.72. The Labute approximate surface area is 177 Å². The van der Waals surface area contributed by atoms with Crippen molar-refractivity contribution in [3.63, 3.8) is 0 Å². The molecule has 0 N–H and O–H groups in total. The van der Waals surface area contributed by atoms with Crippen molar-refractivity contribution in [1.29, 1.82) is 0 Å². The van der Waals surface area contributed by atoms with Crippen molar-refractivity contribution >= 4 is 0 Å². The summed E-state index contributed by atoms with van der Waals surface area (Å²) in [4.78, 5) is 0. The van der Waals surface area contributed by atoms with E-state index in [1.54, 1.807) is 0 Å². The lowest BCUT2D eigenvalue weighted by atomic mass is 10.0. The van der Waals surface area contributed by atoms with Crippen LogP contribution in [0.3, 0.4) is 0 Å². The minimum atomic E-state index is 1.19. The maximum absolute atomic E-state index is 2.35. The van der Waals surface area contributed by atoms with E-state index in [4.69, 9.17) is 0 Å². The van der Waals surface area contributed by atoms with Gasteiger partial charge in [-0.3, -0.25) is 0 Å². The largest absolute Gasteiger partial charge is 0.205 e. The zero-order chi connectivity index (χ0) is 20.1. The lowest BCUT2D eigenvalue weighted by Gasteiger charge is -2.03. The topological polar surface area (TPSA) is 3.88 Å². The molecule has 0 aliphatic heterocycles. The summed E-state index contributed by atoms with van der Waals surface area (Å²) in [5.41, 5.74) is 1.47. The molecular formula is C27H50N+. The van der Waals surface area contributed by atoms with Gasteiger partial charge in [-0.1, -0.05) is 117 Å². The summed E-state index contributed by atoms with van der Waals surface area (Å²) in [5.74, 6) is 0. The Kier molecular flexibility index (Phi) is 17.5. The van der Waals surface area contributed by atoms with Crippen molar-refractivity contribution in [1.82, 2.24) is 0 Å². The fourth-order valence-electron chi connectivity index (χ4n) is 4.11. The number of hydrogen-bond donors (Lipinski definition) is 0. The third-order valence-electron chi connectivity index (χ3n) is 6.02. The number of aromatic nitrogens is 1. The molecule has 1 heterocycles. The van der Waals surface area contributed by atoms with Crippen LogP contribution >= 0.6 is 0 Å². The molecule has 0 radical (unpaired) electrons. The molecule has 0 atom stereocenters. The van der Waals surface area contributed by atoms with E-state index in [0.29, 0.717) is 0 Å². The summed E-state index contributed by atoms with van der Waals surface area (Å²) in [6.45, 7) is 5.73. The maximum Gasteiger partial charge on any atom is 0.169 e. The quantitative estimate of drug-likeness (QED) is 0.155. The summed E-state index contributed by atoms with van der Waals surface area (Å²) < 4.78 is 2.35. The van der Waals surface area contributed by atoms with Crippen LogP contribution in [0.2, 0.25) is 0 Å². The van der Waals surface area contributed by atoms with Gasteiger partial charge < -0.3 is 0 Å². The predicted octanol–water partition coefficient (Wildman–Crippen LogP) is 8.58.